The maximum atomic E-state index is 5.61. The predicted molar refractivity (Wildman–Crippen MR) is 68.8 cm³/mol. The highest BCUT2D eigenvalue weighted by Crippen LogP contribution is 2.18. The summed E-state index contributed by atoms with van der Waals surface area (Å²) in [5.74, 6) is 0.597. The summed E-state index contributed by atoms with van der Waals surface area (Å²) in [6.07, 6.45) is 0. The Morgan fingerprint density at radius 1 is 1.00 bits per heavy atom. The van der Waals surface area contributed by atoms with Crippen LogP contribution in [0.1, 0.15) is 34.6 Å². The molecule has 0 aliphatic rings. The molecule has 3 nitrogen and oxygen atoms in total. The fourth-order valence-electron chi connectivity index (χ4n) is 1.40. The number of hydrogen-bond donors (Lipinski definition) is 1. The van der Waals surface area contributed by atoms with Crippen molar-refractivity contribution in [1.29, 1.82) is 0 Å². The van der Waals surface area contributed by atoms with Gasteiger partial charge in [-0.3, -0.25) is 0 Å². The molecule has 0 aliphatic carbocycles. The molecule has 0 saturated carbocycles. The summed E-state index contributed by atoms with van der Waals surface area (Å²) in [5.41, 5.74) is 0.230. The SMILES string of the molecule is CNC(COCCOCC(C)C)C(C)(C)C. The van der Waals surface area contributed by atoms with Crippen molar-refractivity contribution in [3.63, 3.8) is 0 Å². The second-order valence-electron chi connectivity index (χ2n) is 5.75. The molecule has 3 heteroatoms. The molecule has 1 N–H and O–H groups in total. The van der Waals surface area contributed by atoms with Crippen molar-refractivity contribution in [2.75, 3.05) is 33.5 Å². The normalized spacial score (nSPS) is 14.4. The highest BCUT2D eigenvalue weighted by atomic mass is 16.5. The Bertz CT molecular complexity index is 164. The van der Waals surface area contributed by atoms with Gasteiger partial charge in [0.25, 0.3) is 0 Å². The van der Waals surface area contributed by atoms with E-state index in [1.165, 1.54) is 0 Å². The van der Waals surface area contributed by atoms with Crippen molar-refractivity contribution in [2.45, 2.75) is 40.7 Å². The maximum Gasteiger partial charge on any atom is 0.0701 e. The highest BCUT2D eigenvalue weighted by molar-refractivity contribution is 4.78. The standard InChI is InChI=1S/C13H29NO2/c1-11(2)9-15-7-8-16-10-12(14-6)13(3,4)5/h11-12,14H,7-10H2,1-6H3. The predicted octanol–water partition coefficient (Wildman–Crippen LogP) is 2.31. The van der Waals surface area contributed by atoms with Gasteiger partial charge in [0.1, 0.15) is 0 Å². The van der Waals surface area contributed by atoms with Crippen LogP contribution in [0.2, 0.25) is 0 Å². The minimum Gasteiger partial charge on any atom is -0.379 e. The van der Waals surface area contributed by atoms with Gasteiger partial charge < -0.3 is 14.8 Å². The molecule has 0 aromatic carbocycles. The van der Waals surface area contributed by atoms with E-state index < -0.39 is 0 Å². The van der Waals surface area contributed by atoms with Gasteiger partial charge in [0.05, 0.1) is 19.8 Å². The van der Waals surface area contributed by atoms with E-state index in [4.69, 9.17) is 9.47 Å². The molecule has 0 aromatic rings. The van der Waals surface area contributed by atoms with E-state index in [0.29, 0.717) is 25.2 Å². The molecule has 0 spiro atoms. The van der Waals surface area contributed by atoms with Crippen LogP contribution in [0.3, 0.4) is 0 Å². The lowest BCUT2D eigenvalue weighted by Gasteiger charge is -2.30. The van der Waals surface area contributed by atoms with Gasteiger partial charge in [0.2, 0.25) is 0 Å². The lowest BCUT2D eigenvalue weighted by Crippen LogP contribution is -2.42. The van der Waals surface area contributed by atoms with Gasteiger partial charge >= 0.3 is 0 Å². The van der Waals surface area contributed by atoms with Crippen LogP contribution in [0.15, 0.2) is 0 Å². The first kappa shape index (κ1) is 15.9. The Balaban J connectivity index is 3.50. The lowest BCUT2D eigenvalue weighted by atomic mass is 9.87. The topological polar surface area (TPSA) is 30.5 Å². The summed E-state index contributed by atoms with van der Waals surface area (Å²) in [5, 5.41) is 3.29. The van der Waals surface area contributed by atoms with Gasteiger partial charge in [-0.25, -0.2) is 0 Å². The Kier molecular flexibility index (Phi) is 7.98. The molecular weight excluding hydrogens is 202 g/mol. The summed E-state index contributed by atoms with van der Waals surface area (Å²) < 4.78 is 11.1. The van der Waals surface area contributed by atoms with Crippen LogP contribution in [0, 0.1) is 11.3 Å². The summed E-state index contributed by atoms with van der Waals surface area (Å²) in [4.78, 5) is 0. The average Bonchev–Trinajstić information content (AvgIpc) is 2.14. The van der Waals surface area contributed by atoms with Gasteiger partial charge in [0.15, 0.2) is 0 Å². The molecule has 0 heterocycles. The van der Waals surface area contributed by atoms with Gasteiger partial charge in [-0.2, -0.15) is 0 Å². The van der Waals surface area contributed by atoms with E-state index in [-0.39, 0.29) is 5.41 Å². The van der Waals surface area contributed by atoms with Crippen LogP contribution in [-0.2, 0) is 9.47 Å². The second-order valence-corrected chi connectivity index (χ2v) is 5.75. The molecular formula is C13H29NO2. The Labute approximate surface area is 101 Å². The van der Waals surface area contributed by atoms with Gasteiger partial charge in [-0.15, -0.1) is 0 Å². The fraction of sp³-hybridized carbons (Fsp3) is 1.00. The van der Waals surface area contributed by atoms with Crippen molar-refractivity contribution in [3.8, 4) is 0 Å². The third kappa shape index (κ3) is 8.08. The van der Waals surface area contributed by atoms with Crippen molar-refractivity contribution in [3.05, 3.63) is 0 Å². The molecule has 1 unspecified atom stereocenters. The third-order valence-electron chi connectivity index (χ3n) is 2.50. The van der Waals surface area contributed by atoms with E-state index >= 15 is 0 Å². The largest absolute Gasteiger partial charge is 0.379 e. The lowest BCUT2D eigenvalue weighted by molar-refractivity contribution is 0.0193. The first-order chi connectivity index (χ1) is 7.38. The summed E-state index contributed by atoms with van der Waals surface area (Å²) in [6, 6.07) is 0.387. The first-order valence-electron chi connectivity index (χ1n) is 6.20. The molecule has 0 radical (unpaired) electrons. The smallest absolute Gasteiger partial charge is 0.0701 e. The maximum absolute atomic E-state index is 5.61. The zero-order valence-electron chi connectivity index (χ0n) is 11.8. The second kappa shape index (κ2) is 8.04. The fourth-order valence-corrected chi connectivity index (χ4v) is 1.40. The molecule has 98 valence electrons. The number of ether oxygens (including phenoxy) is 2. The number of hydrogen-bond acceptors (Lipinski definition) is 3. The number of likely N-dealkylation sites (N-methyl/N-ethyl adjacent to an activating group) is 1. The van der Waals surface area contributed by atoms with E-state index in [2.05, 4.69) is 39.9 Å². The molecule has 0 rings (SSSR count). The van der Waals surface area contributed by atoms with Crippen LogP contribution in [-0.4, -0.2) is 39.5 Å². The minimum absolute atomic E-state index is 0.230. The molecule has 0 aliphatic heterocycles. The Morgan fingerprint density at radius 2 is 1.50 bits per heavy atom. The molecule has 1 atom stereocenters. The number of rotatable bonds is 8. The number of nitrogens with one attached hydrogen (secondary N) is 1. The monoisotopic (exact) mass is 231 g/mol. The zero-order valence-corrected chi connectivity index (χ0v) is 11.8. The van der Waals surface area contributed by atoms with E-state index in [9.17, 15) is 0 Å². The Hall–Kier alpha value is -0.120. The Morgan fingerprint density at radius 3 is 1.88 bits per heavy atom. The van der Waals surface area contributed by atoms with Crippen LogP contribution in [0.5, 0.6) is 0 Å². The molecule has 0 bridgehead atoms. The van der Waals surface area contributed by atoms with Crippen LogP contribution in [0.4, 0.5) is 0 Å². The summed E-state index contributed by atoms with van der Waals surface area (Å²) in [7, 11) is 1.98. The molecule has 16 heavy (non-hydrogen) atoms. The van der Waals surface area contributed by atoms with Crippen molar-refractivity contribution < 1.29 is 9.47 Å². The van der Waals surface area contributed by atoms with Gasteiger partial charge in [-0.05, 0) is 18.4 Å². The van der Waals surface area contributed by atoms with E-state index in [1.54, 1.807) is 0 Å². The third-order valence-corrected chi connectivity index (χ3v) is 2.50. The van der Waals surface area contributed by atoms with Gasteiger partial charge in [-0.1, -0.05) is 34.6 Å². The van der Waals surface area contributed by atoms with E-state index in [1.807, 2.05) is 7.05 Å². The van der Waals surface area contributed by atoms with Crippen LogP contribution < -0.4 is 5.32 Å². The minimum atomic E-state index is 0.230. The molecule has 0 aromatic heterocycles. The van der Waals surface area contributed by atoms with Crippen molar-refractivity contribution in [1.82, 2.24) is 5.32 Å². The first-order valence-corrected chi connectivity index (χ1v) is 6.20. The summed E-state index contributed by atoms with van der Waals surface area (Å²) >= 11 is 0. The van der Waals surface area contributed by atoms with Crippen molar-refractivity contribution in [2.24, 2.45) is 11.3 Å². The molecule has 0 fully saturated rings. The van der Waals surface area contributed by atoms with Crippen LogP contribution in [0.25, 0.3) is 0 Å². The zero-order chi connectivity index (χ0) is 12.6. The quantitative estimate of drug-likeness (QED) is 0.650. The average molecular weight is 231 g/mol. The molecule has 0 saturated heterocycles. The van der Waals surface area contributed by atoms with Gasteiger partial charge in [0, 0.05) is 12.6 Å². The van der Waals surface area contributed by atoms with Crippen LogP contribution >= 0.6 is 0 Å². The molecule has 0 amide bonds. The van der Waals surface area contributed by atoms with Crippen molar-refractivity contribution >= 4 is 0 Å². The van der Waals surface area contributed by atoms with E-state index in [0.717, 1.165) is 13.2 Å². The highest BCUT2D eigenvalue weighted by Gasteiger charge is 2.22. The summed E-state index contributed by atoms with van der Waals surface area (Å²) in [6.45, 7) is 13.9.